The van der Waals surface area contributed by atoms with Crippen LogP contribution in [0.15, 0.2) is 119 Å². The first-order chi connectivity index (χ1) is 14.4. The highest BCUT2D eigenvalue weighted by molar-refractivity contribution is 7.99. The number of fused-ring (bicyclic) bond motifs is 6. The molecule has 6 aromatic carbocycles. The summed E-state index contributed by atoms with van der Waals surface area (Å²) < 4.78 is 0. The third-order valence-electron chi connectivity index (χ3n) is 5.68. The molecule has 0 aliphatic heterocycles. The van der Waals surface area contributed by atoms with Crippen LogP contribution in [0.3, 0.4) is 0 Å². The van der Waals surface area contributed by atoms with Gasteiger partial charge in [0.1, 0.15) is 0 Å². The van der Waals surface area contributed by atoms with E-state index in [0.29, 0.717) is 0 Å². The van der Waals surface area contributed by atoms with E-state index in [-0.39, 0.29) is 0 Å². The van der Waals surface area contributed by atoms with Gasteiger partial charge >= 0.3 is 0 Å². The van der Waals surface area contributed by atoms with Crippen molar-refractivity contribution >= 4 is 54.9 Å². The van der Waals surface area contributed by atoms with Gasteiger partial charge in [-0.05, 0) is 55.2 Å². The van der Waals surface area contributed by atoms with Crippen LogP contribution < -0.4 is 0 Å². The van der Waals surface area contributed by atoms with Gasteiger partial charge in [0.15, 0.2) is 0 Å². The predicted octanol–water partition coefficient (Wildman–Crippen LogP) is 8.45. The van der Waals surface area contributed by atoms with Crippen molar-refractivity contribution in [3.05, 3.63) is 109 Å². The van der Waals surface area contributed by atoms with Crippen LogP contribution >= 0.6 is 11.8 Å². The molecule has 0 amide bonds. The fraction of sp³-hybridized carbons (Fsp3) is 0. The Morgan fingerprint density at radius 3 is 1.14 bits per heavy atom. The average molecular weight is 387 g/mol. The van der Waals surface area contributed by atoms with Crippen molar-refractivity contribution in [1.82, 2.24) is 0 Å². The van der Waals surface area contributed by atoms with E-state index in [2.05, 4.69) is 109 Å². The summed E-state index contributed by atoms with van der Waals surface area (Å²) in [6.07, 6.45) is 0. The van der Waals surface area contributed by atoms with Gasteiger partial charge in [-0.2, -0.15) is 0 Å². The molecule has 0 unspecified atom stereocenters. The molecule has 0 nitrogen and oxygen atoms in total. The molecule has 136 valence electrons. The predicted molar refractivity (Wildman–Crippen MR) is 127 cm³/mol. The van der Waals surface area contributed by atoms with Gasteiger partial charge < -0.3 is 0 Å². The van der Waals surface area contributed by atoms with Gasteiger partial charge in [-0.3, -0.25) is 0 Å². The Balaban J connectivity index is 1.64. The summed E-state index contributed by atoms with van der Waals surface area (Å²) in [5.74, 6) is 0. The third-order valence-corrected chi connectivity index (χ3v) is 6.80. The fourth-order valence-corrected chi connectivity index (χ4v) is 5.51. The molecule has 0 atom stereocenters. The first kappa shape index (κ1) is 16.6. The second-order valence-corrected chi connectivity index (χ2v) is 8.47. The first-order valence-electron chi connectivity index (χ1n) is 9.87. The van der Waals surface area contributed by atoms with Crippen LogP contribution in [-0.4, -0.2) is 0 Å². The Kier molecular flexibility index (Phi) is 3.82. The molecule has 0 N–H and O–H groups in total. The molecule has 0 saturated heterocycles. The SMILES string of the molecule is c1ccc2c(c1)cc(Sc1cc3ccccc3c3ccccc13)c1ccccc12. The first-order valence-corrected chi connectivity index (χ1v) is 10.7. The highest BCUT2D eigenvalue weighted by Crippen LogP contribution is 2.42. The van der Waals surface area contributed by atoms with Gasteiger partial charge in [-0.1, -0.05) is 109 Å². The van der Waals surface area contributed by atoms with Crippen molar-refractivity contribution in [2.45, 2.75) is 9.79 Å². The lowest BCUT2D eigenvalue weighted by atomic mass is 10.0. The molecule has 0 bridgehead atoms. The highest BCUT2D eigenvalue weighted by Gasteiger charge is 2.11. The minimum absolute atomic E-state index is 1.29. The molecule has 6 aromatic rings. The van der Waals surface area contributed by atoms with Crippen LogP contribution in [-0.2, 0) is 0 Å². The fourth-order valence-electron chi connectivity index (χ4n) is 4.33. The number of hydrogen-bond acceptors (Lipinski definition) is 1. The standard InChI is InChI=1S/C28H18S/c1-3-11-21-19(9-1)17-27(25-15-7-5-13-23(21)25)29-28-18-20-10-2-4-12-22(20)24-14-6-8-16-26(24)28/h1-18H. The summed E-state index contributed by atoms with van der Waals surface area (Å²) in [5, 5.41) is 10.5. The quantitative estimate of drug-likeness (QED) is 0.269. The van der Waals surface area contributed by atoms with Gasteiger partial charge in [0.05, 0.1) is 0 Å². The Hall–Kier alpha value is -3.29. The molecule has 29 heavy (non-hydrogen) atoms. The van der Waals surface area contributed by atoms with E-state index < -0.39 is 0 Å². The number of rotatable bonds is 2. The van der Waals surface area contributed by atoms with E-state index in [1.165, 1.54) is 52.9 Å². The summed E-state index contributed by atoms with van der Waals surface area (Å²) in [6.45, 7) is 0. The molecular weight excluding hydrogens is 368 g/mol. The summed E-state index contributed by atoms with van der Waals surface area (Å²) in [4.78, 5) is 2.61. The second-order valence-electron chi connectivity index (χ2n) is 7.38. The van der Waals surface area contributed by atoms with E-state index >= 15 is 0 Å². The largest absolute Gasteiger partial charge is 0.0888 e. The molecule has 0 aromatic heterocycles. The van der Waals surface area contributed by atoms with Gasteiger partial charge in [-0.15, -0.1) is 0 Å². The normalized spacial score (nSPS) is 11.6. The topological polar surface area (TPSA) is 0 Å². The van der Waals surface area contributed by atoms with Crippen molar-refractivity contribution in [3.63, 3.8) is 0 Å². The Morgan fingerprint density at radius 2 is 0.690 bits per heavy atom. The maximum absolute atomic E-state index is 2.34. The molecule has 0 fully saturated rings. The smallest absolute Gasteiger partial charge is 0.0207 e. The minimum Gasteiger partial charge on any atom is -0.0888 e. The van der Waals surface area contributed by atoms with E-state index in [0.717, 1.165) is 0 Å². The summed E-state index contributed by atoms with van der Waals surface area (Å²) in [5.41, 5.74) is 0. The van der Waals surface area contributed by atoms with E-state index in [1.54, 1.807) is 0 Å². The third kappa shape index (κ3) is 2.70. The Labute approximate surface area is 173 Å². The van der Waals surface area contributed by atoms with Crippen molar-refractivity contribution in [3.8, 4) is 0 Å². The van der Waals surface area contributed by atoms with E-state index in [9.17, 15) is 0 Å². The molecule has 0 radical (unpaired) electrons. The van der Waals surface area contributed by atoms with Gasteiger partial charge in [0.25, 0.3) is 0 Å². The number of hydrogen-bond donors (Lipinski definition) is 0. The van der Waals surface area contributed by atoms with Crippen molar-refractivity contribution in [2.75, 3.05) is 0 Å². The molecule has 6 rings (SSSR count). The maximum atomic E-state index is 2.34. The van der Waals surface area contributed by atoms with Gasteiger partial charge in [-0.25, -0.2) is 0 Å². The van der Waals surface area contributed by atoms with E-state index in [1.807, 2.05) is 11.8 Å². The highest BCUT2D eigenvalue weighted by atomic mass is 32.2. The van der Waals surface area contributed by atoms with E-state index in [4.69, 9.17) is 0 Å². The zero-order chi connectivity index (χ0) is 19.2. The Bertz CT molecular complexity index is 1410. The molecule has 0 saturated carbocycles. The van der Waals surface area contributed by atoms with Gasteiger partial charge in [0, 0.05) is 9.79 Å². The lowest BCUT2D eigenvalue weighted by Gasteiger charge is -2.13. The van der Waals surface area contributed by atoms with Crippen LogP contribution in [0.2, 0.25) is 0 Å². The van der Waals surface area contributed by atoms with Gasteiger partial charge in [0.2, 0.25) is 0 Å². The summed E-state index contributed by atoms with van der Waals surface area (Å²) in [6, 6.07) is 39.5. The average Bonchev–Trinajstić information content (AvgIpc) is 2.79. The van der Waals surface area contributed by atoms with Crippen LogP contribution in [0.25, 0.3) is 43.1 Å². The summed E-state index contributed by atoms with van der Waals surface area (Å²) in [7, 11) is 0. The Morgan fingerprint density at radius 1 is 0.345 bits per heavy atom. The monoisotopic (exact) mass is 386 g/mol. The van der Waals surface area contributed by atoms with Crippen LogP contribution in [0.4, 0.5) is 0 Å². The molecule has 0 heterocycles. The molecule has 0 aliphatic rings. The van der Waals surface area contributed by atoms with Crippen molar-refractivity contribution in [2.24, 2.45) is 0 Å². The van der Waals surface area contributed by atoms with Crippen LogP contribution in [0.1, 0.15) is 0 Å². The van der Waals surface area contributed by atoms with Crippen LogP contribution in [0.5, 0.6) is 0 Å². The zero-order valence-electron chi connectivity index (χ0n) is 15.8. The molecular formula is C28H18S. The molecule has 0 aliphatic carbocycles. The van der Waals surface area contributed by atoms with Crippen molar-refractivity contribution in [1.29, 1.82) is 0 Å². The lowest BCUT2D eigenvalue weighted by molar-refractivity contribution is 1.52. The molecule has 1 heteroatoms. The number of benzene rings is 6. The van der Waals surface area contributed by atoms with Crippen LogP contribution in [0, 0.1) is 0 Å². The molecule has 0 spiro atoms. The summed E-state index contributed by atoms with van der Waals surface area (Å²) >= 11 is 1.88. The zero-order valence-corrected chi connectivity index (χ0v) is 16.6. The minimum atomic E-state index is 1.29. The second kappa shape index (κ2) is 6.65. The lowest BCUT2D eigenvalue weighted by Crippen LogP contribution is -1.85. The maximum Gasteiger partial charge on any atom is 0.0207 e. The van der Waals surface area contributed by atoms with Crippen molar-refractivity contribution < 1.29 is 0 Å².